The van der Waals surface area contributed by atoms with E-state index in [0.717, 1.165) is 12.1 Å². The molecule has 1 heterocycles. The van der Waals surface area contributed by atoms with Crippen LogP contribution in [0.15, 0.2) is 42.5 Å². The van der Waals surface area contributed by atoms with Crippen LogP contribution in [0.5, 0.6) is 11.5 Å². The Bertz CT molecular complexity index is 674. The smallest absolute Gasteiger partial charge is 0.163 e. The largest absolute Gasteiger partial charge is 0.493 e. The molecule has 4 nitrogen and oxygen atoms in total. The molecule has 2 atom stereocenters. The van der Waals surface area contributed by atoms with Gasteiger partial charge >= 0.3 is 0 Å². The topological polar surface area (TPSA) is 39.7 Å². The molecule has 1 unspecified atom stereocenters. The number of morpholine rings is 1. The SMILES string of the molecule is COc1cc(F)ccc1O[C@@H](c1ccc(Cl)cc1)C1CNCCO1. The molecule has 1 aliphatic heterocycles. The van der Waals surface area contributed by atoms with Gasteiger partial charge in [-0.1, -0.05) is 23.7 Å². The van der Waals surface area contributed by atoms with E-state index in [9.17, 15) is 4.39 Å². The van der Waals surface area contributed by atoms with Crippen LogP contribution in [-0.2, 0) is 4.74 Å². The van der Waals surface area contributed by atoms with E-state index < -0.39 is 0 Å². The van der Waals surface area contributed by atoms with E-state index in [2.05, 4.69) is 5.32 Å². The summed E-state index contributed by atoms with van der Waals surface area (Å²) in [4.78, 5) is 0. The summed E-state index contributed by atoms with van der Waals surface area (Å²) in [5, 5.41) is 3.95. The van der Waals surface area contributed by atoms with Crippen molar-refractivity contribution in [2.75, 3.05) is 26.8 Å². The van der Waals surface area contributed by atoms with Crippen LogP contribution in [0.3, 0.4) is 0 Å². The fraction of sp³-hybridized carbons (Fsp3) is 0.333. The number of methoxy groups -OCH3 is 1. The zero-order valence-corrected chi connectivity index (χ0v) is 14.1. The summed E-state index contributed by atoms with van der Waals surface area (Å²) >= 11 is 5.98. The van der Waals surface area contributed by atoms with Crippen LogP contribution in [-0.4, -0.2) is 32.9 Å². The van der Waals surface area contributed by atoms with Gasteiger partial charge in [0, 0.05) is 24.2 Å². The maximum atomic E-state index is 13.4. The lowest BCUT2D eigenvalue weighted by molar-refractivity contribution is -0.0438. The highest BCUT2D eigenvalue weighted by atomic mass is 35.5. The van der Waals surface area contributed by atoms with E-state index in [4.69, 9.17) is 25.8 Å². The molecule has 24 heavy (non-hydrogen) atoms. The molecule has 0 amide bonds. The van der Waals surface area contributed by atoms with E-state index in [1.165, 1.54) is 19.2 Å². The van der Waals surface area contributed by atoms with Crippen LogP contribution in [0.1, 0.15) is 11.7 Å². The second-order valence-electron chi connectivity index (χ2n) is 5.50. The molecule has 0 spiro atoms. The van der Waals surface area contributed by atoms with Crippen LogP contribution in [0.4, 0.5) is 4.39 Å². The van der Waals surface area contributed by atoms with Crippen LogP contribution < -0.4 is 14.8 Å². The molecule has 0 aromatic heterocycles. The molecular formula is C18H19ClFNO3. The Labute approximate surface area is 145 Å². The number of benzene rings is 2. The molecule has 1 aliphatic rings. The van der Waals surface area contributed by atoms with Crippen molar-refractivity contribution < 1.29 is 18.6 Å². The number of hydrogen-bond donors (Lipinski definition) is 1. The Morgan fingerprint density at radius 1 is 1.21 bits per heavy atom. The van der Waals surface area contributed by atoms with Gasteiger partial charge < -0.3 is 19.5 Å². The first-order valence-corrected chi connectivity index (χ1v) is 8.13. The monoisotopic (exact) mass is 351 g/mol. The Balaban J connectivity index is 1.91. The molecule has 0 bridgehead atoms. The van der Waals surface area contributed by atoms with Crippen molar-refractivity contribution in [1.82, 2.24) is 5.32 Å². The van der Waals surface area contributed by atoms with Crippen molar-refractivity contribution in [2.45, 2.75) is 12.2 Å². The molecule has 6 heteroatoms. The molecule has 1 N–H and O–H groups in total. The van der Waals surface area contributed by atoms with Gasteiger partial charge in [-0.15, -0.1) is 0 Å². The van der Waals surface area contributed by atoms with Crippen molar-refractivity contribution in [3.05, 3.63) is 58.9 Å². The second kappa shape index (κ2) is 7.83. The van der Waals surface area contributed by atoms with Crippen molar-refractivity contribution in [2.24, 2.45) is 0 Å². The molecule has 2 aromatic rings. The Morgan fingerprint density at radius 2 is 2.00 bits per heavy atom. The van der Waals surface area contributed by atoms with Gasteiger partial charge in [-0.2, -0.15) is 0 Å². The number of hydrogen-bond acceptors (Lipinski definition) is 4. The van der Waals surface area contributed by atoms with Gasteiger partial charge in [0.1, 0.15) is 11.9 Å². The predicted molar refractivity (Wildman–Crippen MR) is 90.4 cm³/mol. The fourth-order valence-electron chi connectivity index (χ4n) is 2.67. The molecular weight excluding hydrogens is 333 g/mol. The van der Waals surface area contributed by atoms with Crippen molar-refractivity contribution in [3.63, 3.8) is 0 Å². The molecule has 1 saturated heterocycles. The quantitative estimate of drug-likeness (QED) is 0.893. The van der Waals surface area contributed by atoms with Crippen LogP contribution in [0.2, 0.25) is 5.02 Å². The van der Waals surface area contributed by atoms with Gasteiger partial charge in [0.25, 0.3) is 0 Å². The fourth-order valence-corrected chi connectivity index (χ4v) is 2.79. The highest BCUT2D eigenvalue weighted by Crippen LogP contribution is 2.34. The third kappa shape index (κ3) is 3.98. The first-order chi connectivity index (χ1) is 11.7. The highest BCUT2D eigenvalue weighted by molar-refractivity contribution is 6.30. The summed E-state index contributed by atoms with van der Waals surface area (Å²) in [6.07, 6.45) is -0.538. The van der Waals surface area contributed by atoms with Crippen molar-refractivity contribution in [3.8, 4) is 11.5 Å². The average Bonchev–Trinajstić information content (AvgIpc) is 2.62. The second-order valence-corrected chi connectivity index (χ2v) is 5.93. The zero-order chi connectivity index (χ0) is 16.9. The summed E-state index contributed by atoms with van der Waals surface area (Å²) < 4.78 is 30.7. The minimum Gasteiger partial charge on any atom is -0.493 e. The number of nitrogens with one attached hydrogen (secondary N) is 1. The Morgan fingerprint density at radius 3 is 2.67 bits per heavy atom. The van der Waals surface area contributed by atoms with Gasteiger partial charge in [-0.05, 0) is 29.8 Å². The minimum absolute atomic E-state index is 0.172. The summed E-state index contributed by atoms with van der Waals surface area (Å²) in [5.41, 5.74) is 0.930. The van der Waals surface area contributed by atoms with Crippen LogP contribution in [0, 0.1) is 5.82 Å². The van der Waals surface area contributed by atoms with E-state index in [0.29, 0.717) is 29.7 Å². The van der Waals surface area contributed by atoms with Gasteiger partial charge in [0.2, 0.25) is 0 Å². The van der Waals surface area contributed by atoms with Gasteiger partial charge in [0.15, 0.2) is 17.6 Å². The van der Waals surface area contributed by atoms with Crippen molar-refractivity contribution >= 4 is 11.6 Å². The Kier molecular flexibility index (Phi) is 5.56. The zero-order valence-electron chi connectivity index (χ0n) is 13.3. The molecule has 0 radical (unpaired) electrons. The predicted octanol–water partition coefficient (Wildman–Crippen LogP) is 3.60. The molecule has 0 aliphatic carbocycles. The molecule has 128 valence electrons. The summed E-state index contributed by atoms with van der Waals surface area (Å²) in [5.74, 6) is 0.434. The maximum Gasteiger partial charge on any atom is 0.163 e. The maximum absolute atomic E-state index is 13.4. The minimum atomic E-state index is -0.377. The molecule has 0 saturated carbocycles. The molecule has 1 fully saturated rings. The van der Waals surface area contributed by atoms with E-state index in [1.54, 1.807) is 6.07 Å². The van der Waals surface area contributed by atoms with Crippen LogP contribution in [0.25, 0.3) is 0 Å². The standard InChI is InChI=1S/C18H19ClFNO3/c1-22-16-10-14(20)6-7-15(16)24-18(17-11-21-8-9-23-17)12-2-4-13(19)5-3-12/h2-7,10,17-18,21H,8-9,11H2,1H3/t17?,18-/m0/s1. The van der Waals surface area contributed by atoms with E-state index in [-0.39, 0.29) is 18.0 Å². The number of ether oxygens (including phenoxy) is 3. The Hall–Kier alpha value is -1.82. The average molecular weight is 352 g/mol. The molecule has 3 rings (SSSR count). The third-order valence-electron chi connectivity index (χ3n) is 3.87. The number of rotatable bonds is 5. The lowest BCUT2D eigenvalue weighted by atomic mass is 10.0. The van der Waals surface area contributed by atoms with E-state index >= 15 is 0 Å². The lowest BCUT2D eigenvalue weighted by Crippen LogP contribution is -2.43. The third-order valence-corrected chi connectivity index (χ3v) is 4.12. The van der Waals surface area contributed by atoms with Crippen LogP contribution >= 0.6 is 11.6 Å². The molecule has 2 aromatic carbocycles. The van der Waals surface area contributed by atoms with E-state index in [1.807, 2.05) is 24.3 Å². The first kappa shape index (κ1) is 17.0. The highest BCUT2D eigenvalue weighted by Gasteiger charge is 2.28. The normalized spacial score (nSPS) is 18.9. The van der Waals surface area contributed by atoms with Crippen molar-refractivity contribution in [1.29, 1.82) is 0 Å². The summed E-state index contributed by atoms with van der Waals surface area (Å²) in [6.45, 7) is 2.08. The van der Waals surface area contributed by atoms with Gasteiger partial charge in [-0.3, -0.25) is 0 Å². The number of halogens is 2. The summed E-state index contributed by atoms with van der Waals surface area (Å²) in [6, 6.07) is 11.6. The van der Waals surface area contributed by atoms with Gasteiger partial charge in [-0.25, -0.2) is 4.39 Å². The first-order valence-electron chi connectivity index (χ1n) is 7.75. The summed E-state index contributed by atoms with van der Waals surface area (Å²) in [7, 11) is 1.48. The lowest BCUT2D eigenvalue weighted by Gasteiger charge is -2.32. The van der Waals surface area contributed by atoms with Gasteiger partial charge in [0.05, 0.1) is 13.7 Å².